The van der Waals surface area contributed by atoms with Gasteiger partial charge in [-0.1, -0.05) is 6.07 Å². The van der Waals surface area contributed by atoms with Crippen molar-refractivity contribution in [2.24, 2.45) is 0 Å². The molecule has 102 valence electrons. The number of hydrogen-bond donors (Lipinski definition) is 2. The van der Waals surface area contributed by atoms with Crippen molar-refractivity contribution in [3.8, 4) is 0 Å². The molecule has 0 saturated carbocycles. The van der Waals surface area contributed by atoms with Gasteiger partial charge in [0, 0.05) is 5.56 Å². The fraction of sp³-hybridized carbons (Fsp3) is 0.143. The Morgan fingerprint density at radius 1 is 1.20 bits per heavy atom. The van der Waals surface area contributed by atoms with Gasteiger partial charge in [-0.25, -0.2) is 4.79 Å². The van der Waals surface area contributed by atoms with Crippen molar-refractivity contribution in [1.29, 1.82) is 0 Å². The van der Waals surface area contributed by atoms with Crippen molar-refractivity contribution >= 4 is 28.9 Å². The summed E-state index contributed by atoms with van der Waals surface area (Å²) in [6.45, 7) is 1.08. The lowest BCUT2D eigenvalue weighted by Crippen LogP contribution is -2.13. The van der Waals surface area contributed by atoms with E-state index in [-0.39, 0.29) is 10.8 Å². The maximum Gasteiger partial charge on any atom is 0.348 e. The number of benzene rings is 1. The molecule has 0 radical (unpaired) electrons. The van der Waals surface area contributed by atoms with Crippen LogP contribution in [0.5, 0.6) is 0 Å². The van der Waals surface area contributed by atoms with Gasteiger partial charge in [-0.2, -0.15) is 0 Å². The van der Waals surface area contributed by atoms with Crippen molar-refractivity contribution in [3.05, 3.63) is 51.2 Å². The molecule has 1 aliphatic heterocycles. The van der Waals surface area contributed by atoms with Gasteiger partial charge < -0.3 is 15.2 Å². The van der Waals surface area contributed by atoms with E-state index in [4.69, 9.17) is 9.84 Å². The zero-order valence-electron chi connectivity index (χ0n) is 10.4. The lowest BCUT2D eigenvalue weighted by Gasteiger charge is -2.06. The first-order valence-corrected chi connectivity index (χ1v) is 6.85. The average Bonchev–Trinajstić information content (AvgIpc) is 3.05. The predicted octanol–water partition coefficient (Wildman–Crippen LogP) is 2.73. The van der Waals surface area contributed by atoms with Crippen LogP contribution in [-0.4, -0.2) is 17.0 Å². The number of carbonyl (C=O) groups excluding carboxylic acids is 1. The lowest BCUT2D eigenvalue weighted by molar-refractivity contribution is 0.0703. The normalized spacial score (nSPS) is 13.0. The van der Waals surface area contributed by atoms with Crippen LogP contribution in [0, 0.1) is 0 Å². The Bertz CT molecular complexity index is 692. The first-order chi connectivity index (χ1) is 9.65. The number of carbonyl (C=O) groups is 2. The summed E-state index contributed by atoms with van der Waals surface area (Å²) in [7, 11) is 0. The summed E-state index contributed by atoms with van der Waals surface area (Å²) >= 11 is 1.08. The van der Waals surface area contributed by atoms with Gasteiger partial charge in [-0.3, -0.25) is 4.79 Å². The number of nitrogens with one attached hydrogen (secondary N) is 1. The van der Waals surface area contributed by atoms with E-state index < -0.39 is 5.97 Å². The van der Waals surface area contributed by atoms with E-state index in [1.807, 2.05) is 6.07 Å². The quantitative estimate of drug-likeness (QED) is 0.911. The van der Waals surface area contributed by atoms with E-state index in [0.29, 0.717) is 24.5 Å². The van der Waals surface area contributed by atoms with Crippen LogP contribution in [0.25, 0.3) is 0 Å². The molecule has 20 heavy (non-hydrogen) atoms. The molecule has 3 rings (SSSR count). The SMILES string of the molecule is O=C(Nc1ccsc1C(=O)O)c1ccc2c(c1)COC2. The number of fused-ring (bicyclic) bond motifs is 1. The molecule has 1 aromatic carbocycles. The number of anilines is 1. The molecule has 0 unspecified atom stereocenters. The second kappa shape index (κ2) is 5.07. The molecule has 6 heteroatoms. The van der Waals surface area contributed by atoms with Gasteiger partial charge >= 0.3 is 5.97 Å². The summed E-state index contributed by atoms with van der Waals surface area (Å²) in [6.07, 6.45) is 0. The number of amides is 1. The van der Waals surface area contributed by atoms with Crippen molar-refractivity contribution < 1.29 is 19.4 Å². The van der Waals surface area contributed by atoms with E-state index in [0.717, 1.165) is 22.5 Å². The summed E-state index contributed by atoms with van der Waals surface area (Å²) in [6, 6.07) is 6.95. The van der Waals surface area contributed by atoms with E-state index in [1.54, 1.807) is 23.6 Å². The molecule has 0 aliphatic carbocycles. The van der Waals surface area contributed by atoms with Gasteiger partial charge in [0.1, 0.15) is 4.88 Å². The van der Waals surface area contributed by atoms with Crippen LogP contribution in [0.4, 0.5) is 5.69 Å². The Hall–Kier alpha value is -2.18. The van der Waals surface area contributed by atoms with Gasteiger partial charge in [-0.15, -0.1) is 11.3 Å². The van der Waals surface area contributed by atoms with Crippen LogP contribution in [0.1, 0.15) is 31.2 Å². The zero-order chi connectivity index (χ0) is 14.1. The molecule has 5 nitrogen and oxygen atoms in total. The molecule has 2 N–H and O–H groups in total. The van der Waals surface area contributed by atoms with E-state index in [1.165, 1.54) is 0 Å². The number of carboxylic acid groups (broad SMARTS) is 1. The highest BCUT2D eigenvalue weighted by Gasteiger charge is 2.17. The fourth-order valence-electron chi connectivity index (χ4n) is 2.08. The topological polar surface area (TPSA) is 75.6 Å². The highest BCUT2D eigenvalue weighted by atomic mass is 32.1. The smallest absolute Gasteiger partial charge is 0.348 e. The maximum atomic E-state index is 12.1. The second-order valence-corrected chi connectivity index (χ2v) is 5.32. The third kappa shape index (κ3) is 2.31. The molecule has 1 aliphatic rings. The highest BCUT2D eigenvalue weighted by Crippen LogP contribution is 2.24. The monoisotopic (exact) mass is 289 g/mol. The Morgan fingerprint density at radius 3 is 2.80 bits per heavy atom. The van der Waals surface area contributed by atoms with Gasteiger partial charge in [0.25, 0.3) is 5.91 Å². The predicted molar refractivity (Wildman–Crippen MR) is 74.2 cm³/mol. The molecule has 0 atom stereocenters. The second-order valence-electron chi connectivity index (χ2n) is 4.40. The highest BCUT2D eigenvalue weighted by molar-refractivity contribution is 7.12. The minimum atomic E-state index is -1.04. The van der Waals surface area contributed by atoms with E-state index in [9.17, 15) is 9.59 Å². The Kier molecular flexibility index (Phi) is 3.25. The van der Waals surface area contributed by atoms with Crippen LogP contribution in [-0.2, 0) is 18.0 Å². The molecule has 1 aromatic heterocycles. The third-order valence-electron chi connectivity index (χ3n) is 3.09. The number of ether oxygens (including phenoxy) is 1. The van der Waals surface area contributed by atoms with Gasteiger partial charge in [0.2, 0.25) is 0 Å². The van der Waals surface area contributed by atoms with Gasteiger partial charge in [0.05, 0.1) is 18.9 Å². The van der Waals surface area contributed by atoms with E-state index in [2.05, 4.69) is 5.32 Å². The minimum absolute atomic E-state index is 0.128. The Labute approximate surface area is 118 Å². The lowest BCUT2D eigenvalue weighted by atomic mass is 10.1. The first-order valence-electron chi connectivity index (χ1n) is 5.97. The van der Waals surface area contributed by atoms with Crippen molar-refractivity contribution in [2.45, 2.75) is 13.2 Å². The molecule has 0 spiro atoms. The van der Waals surface area contributed by atoms with Crippen molar-refractivity contribution in [2.75, 3.05) is 5.32 Å². The maximum absolute atomic E-state index is 12.1. The summed E-state index contributed by atoms with van der Waals surface area (Å²) in [4.78, 5) is 23.3. The van der Waals surface area contributed by atoms with Crippen LogP contribution in [0.3, 0.4) is 0 Å². The summed E-state index contributed by atoms with van der Waals surface area (Å²) in [5, 5.41) is 13.3. The first kappa shape index (κ1) is 12.8. The molecule has 0 fully saturated rings. The standard InChI is InChI=1S/C14H11NO4S/c16-13(15-11-3-4-20-12(11)14(17)18)8-1-2-9-6-19-7-10(9)5-8/h1-5H,6-7H2,(H,15,16)(H,17,18). The van der Waals surface area contributed by atoms with Gasteiger partial charge in [-0.05, 0) is 34.7 Å². The molecule has 0 saturated heterocycles. The third-order valence-corrected chi connectivity index (χ3v) is 3.99. The summed E-state index contributed by atoms with van der Waals surface area (Å²) in [5.41, 5.74) is 2.91. The zero-order valence-corrected chi connectivity index (χ0v) is 11.2. The van der Waals surface area contributed by atoms with E-state index >= 15 is 0 Å². The van der Waals surface area contributed by atoms with Crippen LogP contribution >= 0.6 is 11.3 Å². The molecule has 0 bridgehead atoms. The molecular weight excluding hydrogens is 278 g/mol. The summed E-state index contributed by atoms with van der Waals surface area (Å²) in [5.74, 6) is -1.36. The molecule has 2 heterocycles. The molecular formula is C14H11NO4S. The van der Waals surface area contributed by atoms with Gasteiger partial charge in [0.15, 0.2) is 0 Å². The Balaban J connectivity index is 1.83. The number of aromatic carboxylic acids is 1. The fourth-order valence-corrected chi connectivity index (χ4v) is 2.77. The van der Waals surface area contributed by atoms with Crippen LogP contribution < -0.4 is 5.32 Å². The summed E-state index contributed by atoms with van der Waals surface area (Å²) < 4.78 is 5.30. The van der Waals surface area contributed by atoms with Crippen LogP contribution in [0.15, 0.2) is 29.6 Å². The number of carboxylic acids is 1. The Morgan fingerprint density at radius 2 is 2.00 bits per heavy atom. The van der Waals surface area contributed by atoms with Crippen LogP contribution in [0.2, 0.25) is 0 Å². The molecule has 1 amide bonds. The number of thiophene rings is 1. The minimum Gasteiger partial charge on any atom is -0.477 e. The largest absolute Gasteiger partial charge is 0.477 e. The van der Waals surface area contributed by atoms with Crippen molar-refractivity contribution in [1.82, 2.24) is 0 Å². The van der Waals surface area contributed by atoms with Crippen molar-refractivity contribution in [3.63, 3.8) is 0 Å². The number of rotatable bonds is 3. The number of hydrogen-bond acceptors (Lipinski definition) is 4. The average molecular weight is 289 g/mol. The molecule has 2 aromatic rings.